The van der Waals surface area contributed by atoms with Crippen LogP contribution in [0.15, 0.2) is 60.7 Å². The van der Waals surface area contributed by atoms with Gasteiger partial charge in [-0.3, -0.25) is 4.79 Å². The minimum Gasteiger partial charge on any atom is -0.324 e. The van der Waals surface area contributed by atoms with Gasteiger partial charge in [-0.2, -0.15) is 13.2 Å². The fourth-order valence-electron chi connectivity index (χ4n) is 3.19. The number of carbonyl (C=O) groups excluding carboxylic acids is 1. The highest BCUT2D eigenvalue weighted by molar-refractivity contribution is 7.17. The van der Waals surface area contributed by atoms with Crippen molar-refractivity contribution in [1.29, 1.82) is 0 Å². The maximum atomic E-state index is 13.2. The number of rotatable bonds is 4. The highest BCUT2D eigenvalue weighted by atomic mass is 32.1. The zero-order valence-electron chi connectivity index (χ0n) is 15.3. The molecule has 1 amide bonds. The van der Waals surface area contributed by atoms with E-state index in [1.807, 2.05) is 35.8 Å². The molecule has 0 fully saturated rings. The Morgan fingerprint density at radius 2 is 1.79 bits per heavy atom. The normalized spacial score (nSPS) is 11.7. The third-order valence-corrected chi connectivity index (χ3v) is 5.58. The van der Waals surface area contributed by atoms with E-state index in [9.17, 15) is 18.0 Å². The van der Waals surface area contributed by atoms with Gasteiger partial charge in [0, 0.05) is 6.54 Å². The molecule has 2 heterocycles. The molecule has 0 saturated heterocycles. The summed E-state index contributed by atoms with van der Waals surface area (Å²) < 4.78 is 41.5. The van der Waals surface area contributed by atoms with Gasteiger partial charge in [0.15, 0.2) is 5.82 Å². The van der Waals surface area contributed by atoms with Crippen molar-refractivity contribution in [2.24, 2.45) is 0 Å². The van der Waals surface area contributed by atoms with E-state index in [0.29, 0.717) is 11.4 Å². The number of halogens is 3. The van der Waals surface area contributed by atoms with Crippen LogP contribution in [0.1, 0.15) is 22.2 Å². The van der Waals surface area contributed by atoms with Crippen molar-refractivity contribution in [2.75, 3.05) is 5.32 Å². The first-order valence-corrected chi connectivity index (χ1v) is 9.73. The third-order valence-electron chi connectivity index (χ3n) is 4.50. The van der Waals surface area contributed by atoms with Crippen LogP contribution in [0.25, 0.3) is 21.7 Å². The van der Waals surface area contributed by atoms with Gasteiger partial charge < -0.3 is 9.88 Å². The third kappa shape index (κ3) is 3.63. The van der Waals surface area contributed by atoms with Crippen LogP contribution in [0.5, 0.6) is 0 Å². The largest absolute Gasteiger partial charge is 0.418 e. The van der Waals surface area contributed by atoms with Crippen LogP contribution < -0.4 is 5.32 Å². The number of benzene rings is 2. The lowest BCUT2D eigenvalue weighted by atomic mass is 10.1. The molecule has 29 heavy (non-hydrogen) atoms. The standard InChI is InChI=1S/C21H16F3N3OS/c1-2-27-16-10-6-5-9-15(16)25-19(27)17-11-12-18(29-17)20(28)26-14-8-4-3-7-13(14)21(22,23)24/h3-12H,2H2,1H3,(H,26,28). The average Bonchev–Trinajstić information content (AvgIpc) is 3.32. The molecule has 2 aromatic carbocycles. The first-order chi connectivity index (χ1) is 13.9. The van der Waals surface area contributed by atoms with Gasteiger partial charge in [-0.25, -0.2) is 4.98 Å². The number of aromatic nitrogens is 2. The first-order valence-electron chi connectivity index (χ1n) is 8.91. The number of para-hydroxylation sites is 3. The van der Waals surface area contributed by atoms with Crippen molar-refractivity contribution in [3.63, 3.8) is 0 Å². The van der Waals surface area contributed by atoms with Gasteiger partial charge in [0.25, 0.3) is 5.91 Å². The fourth-order valence-corrected chi connectivity index (χ4v) is 4.09. The Morgan fingerprint density at radius 1 is 1.07 bits per heavy atom. The number of aryl methyl sites for hydroxylation is 1. The van der Waals surface area contributed by atoms with Crippen LogP contribution in [0.4, 0.5) is 18.9 Å². The monoisotopic (exact) mass is 415 g/mol. The summed E-state index contributed by atoms with van der Waals surface area (Å²) in [7, 11) is 0. The van der Waals surface area contributed by atoms with E-state index < -0.39 is 17.6 Å². The summed E-state index contributed by atoms with van der Waals surface area (Å²) >= 11 is 1.19. The van der Waals surface area contributed by atoms with Crippen LogP contribution in [0, 0.1) is 0 Å². The number of thiophene rings is 1. The summed E-state index contributed by atoms with van der Waals surface area (Å²) in [5.41, 5.74) is 0.699. The van der Waals surface area contributed by atoms with Gasteiger partial charge in [-0.1, -0.05) is 24.3 Å². The predicted octanol–water partition coefficient (Wildman–Crippen LogP) is 6.06. The molecule has 0 atom stereocenters. The molecule has 0 unspecified atom stereocenters. The molecule has 4 nitrogen and oxygen atoms in total. The van der Waals surface area contributed by atoms with Gasteiger partial charge in [0.2, 0.25) is 0 Å². The quantitative estimate of drug-likeness (QED) is 0.441. The maximum Gasteiger partial charge on any atom is 0.418 e. The summed E-state index contributed by atoms with van der Waals surface area (Å²) in [6.45, 7) is 2.71. The molecule has 2 aromatic heterocycles. The van der Waals surface area contributed by atoms with Crippen LogP contribution >= 0.6 is 11.3 Å². The molecule has 0 aliphatic rings. The van der Waals surface area contributed by atoms with E-state index in [0.717, 1.165) is 27.8 Å². The second-order valence-electron chi connectivity index (χ2n) is 6.33. The van der Waals surface area contributed by atoms with Crippen molar-refractivity contribution in [3.05, 3.63) is 71.1 Å². The summed E-state index contributed by atoms with van der Waals surface area (Å²) in [5.74, 6) is 0.144. The van der Waals surface area contributed by atoms with E-state index in [2.05, 4.69) is 10.3 Å². The summed E-state index contributed by atoms with van der Waals surface area (Å²) in [5, 5.41) is 2.38. The Hall–Kier alpha value is -3.13. The molecule has 0 bridgehead atoms. The molecule has 0 saturated carbocycles. The number of nitrogens with one attached hydrogen (secondary N) is 1. The Bertz CT molecular complexity index is 1190. The fraction of sp³-hybridized carbons (Fsp3) is 0.143. The topological polar surface area (TPSA) is 46.9 Å². The highest BCUT2D eigenvalue weighted by Crippen LogP contribution is 2.35. The number of hydrogen-bond donors (Lipinski definition) is 1. The first kappa shape index (κ1) is 19.2. The van der Waals surface area contributed by atoms with Crippen molar-refractivity contribution >= 4 is 34.0 Å². The van der Waals surface area contributed by atoms with Crippen LogP contribution in [-0.2, 0) is 12.7 Å². The minimum atomic E-state index is -4.55. The second kappa shape index (κ2) is 7.36. The SMILES string of the molecule is CCn1c(-c2ccc(C(=O)Nc3ccccc3C(F)(F)F)s2)nc2ccccc21. The number of amides is 1. The van der Waals surface area contributed by atoms with Crippen molar-refractivity contribution in [2.45, 2.75) is 19.6 Å². The van der Waals surface area contributed by atoms with Gasteiger partial charge in [0.05, 0.1) is 32.0 Å². The molecule has 4 rings (SSSR count). The van der Waals surface area contributed by atoms with Crippen molar-refractivity contribution in [3.8, 4) is 10.7 Å². The van der Waals surface area contributed by atoms with Gasteiger partial charge in [-0.15, -0.1) is 11.3 Å². The number of carbonyl (C=O) groups is 1. The Kier molecular flexibility index (Phi) is 4.87. The molecular weight excluding hydrogens is 399 g/mol. The lowest BCUT2D eigenvalue weighted by molar-refractivity contribution is -0.136. The molecule has 0 spiro atoms. The summed E-state index contributed by atoms with van der Waals surface area (Å²) in [6.07, 6.45) is -4.55. The average molecular weight is 415 g/mol. The van der Waals surface area contributed by atoms with Crippen LogP contribution in [0.2, 0.25) is 0 Å². The van der Waals surface area contributed by atoms with Crippen molar-refractivity contribution in [1.82, 2.24) is 9.55 Å². The molecule has 1 N–H and O–H groups in total. The number of alkyl halides is 3. The maximum absolute atomic E-state index is 13.2. The lowest BCUT2D eigenvalue weighted by Gasteiger charge is -2.12. The van der Waals surface area contributed by atoms with Gasteiger partial charge in [0.1, 0.15) is 0 Å². The Morgan fingerprint density at radius 3 is 2.55 bits per heavy atom. The molecule has 0 aliphatic carbocycles. The molecule has 8 heteroatoms. The Labute approximate surface area is 168 Å². The predicted molar refractivity (Wildman–Crippen MR) is 108 cm³/mol. The summed E-state index contributed by atoms with van der Waals surface area (Å²) in [6, 6.07) is 16.0. The van der Waals surface area contributed by atoms with Gasteiger partial charge in [-0.05, 0) is 43.3 Å². The molecule has 148 valence electrons. The molecular formula is C21H16F3N3OS. The van der Waals surface area contributed by atoms with E-state index in [-0.39, 0.29) is 5.69 Å². The number of anilines is 1. The number of hydrogen-bond acceptors (Lipinski definition) is 3. The van der Waals surface area contributed by atoms with E-state index in [4.69, 9.17) is 0 Å². The smallest absolute Gasteiger partial charge is 0.324 e. The zero-order chi connectivity index (χ0) is 20.6. The zero-order valence-corrected chi connectivity index (χ0v) is 16.1. The van der Waals surface area contributed by atoms with E-state index in [1.165, 1.54) is 29.5 Å². The minimum absolute atomic E-state index is 0.263. The number of imidazole rings is 1. The van der Waals surface area contributed by atoms with Crippen molar-refractivity contribution < 1.29 is 18.0 Å². The number of nitrogens with zero attached hydrogens (tertiary/aromatic N) is 2. The van der Waals surface area contributed by atoms with Crippen LogP contribution in [0.3, 0.4) is 0 Å². The molecule has 0 aliphatic heterocycles. The van der Waals surface area contributed by atoms with E-state index >= 15 is 0 Å². The molecule has 4 aromatic rings. The van der Waals surface area contributed by atoms with Crippen LogP contribution in [-0.4, -0.2) is 15.5 Å². The highest BCUT2D eigenvalue weighted by Gasteiger charge is 2.33. The molecule has 0 radical (unpaired) electrons. The lowest BCUT2D eigenvalue weighted by Crippen LogP contribution is -2.15. The summed E-state index contributed by atoms with van der Waals surface area (Å²) in [4.78, 5) is 18.3. The number of fused-ring (bicyclic) bond motifs is 1. The second-order valence-corrected chi connectivity index (χ2v) is 7.41. The van der Waals surface area contributed by atoms with Gasteiger partial charge >= 0.3 is 6.18 Å². The Balaban J connectivity index is 1.65. The van der Waals surface area contributed by atoms with E-state index in [1.54, 1.807) is 12.1 Å².